The van der Waals surface area contributed by atoms with E-state index in [4.69, 9.17) is 4.74 Å². The monoisotopic (exact) mass is 469 g/mol. The molecule has 33 heavy (non-hydrogen) atoms. The van der Waals surface area contributed by atoms with Crippen LogP contribution < -0.4 is 9.64 Å². The maximum Gasteiger partial charge on any atom is 0.339 e. The number of anilines is 2. The van der Waals surface area contributed by atoms with Gasteiger partial charge in [-0.05, 0) is 78.5 Å². The van der Waals surface area contributed by atoms with E-state index in [2.05, 4.69) is 53.4 Å². The first kappa shape index (κ1) is 24.1. The minimum Gasteiger partial charge on any atom is -0.492 e. The van der Waals surface area contributed by atoms with Gasteiger partial charge in [0.15, 0.2) is 0 Å². The lowest BCUT2D eigenvalue weighted by molar-refractivity contribution is 0.0692. The SMILES string of the molecule is Cc1c(N(CC(C)C)c2ccc(C(=O)O)c(OCC3CC3)c2)sc2c1C(C)(C)CCC2(C)C. The number of fused-ring (bicyclic) bond motifs is 1. The molecule has 0 unspecified atom stereocenters. The van der Waals surface area contributed by atoms with Crippen LogP contribution in [0, 0.1) is 18.8 Å². The summed E-state index contributed by atoms with van der Waals surface area (Å²) in [6.45, 7) is 17.7. The number of thiophene rings is 1. The normalized spacial score (nSPS) is 18.8. The van der Waals surface area contributed by atoms with Crippen LogP contribution in [0.1, 0.15) is 93.6 Å². The number of benzene rings is 1. The van der Waals surface area contributed by atoms with Crippen LogP contribution in [0.25, 0.3) is 0 Å². The summed E-state index contributed by atoms with van der Waals surface area (Å²) in [5, 5.41) is 11.0. The molecule has 1 N–H and O–H groups in total. The minimum absolute atomic E-state index is 0.166. The molecular weight excluding hydrogens is 430 g/mol. The molecule has 1 aromatic carbocycles. The zero-order valence-corrected chi connectivity index (χ0v) is 22.1. The third kappa shape index (κ3) is 4.80. The highest BCUT2D eigenvalue weighted by Crippen LogP contribution is 2.54. The van der Waals surface area contributed by atoms with Crippen molar-refractivity contribution >= 4 is 28.0 Å². The van der Waals surface area contributed by atoms with Gasteiger partial charge >= 0.3 is 5.97 Å². The Balaban J connectivity index is 1.81. The number of carbonyl (C=O) groups is 1. The van der Waals surface area contributed by atoms with Gasteiger partial charge in [0, 0.05) is 23.2 Å². The smallest absolute Gasteiger partial charge is 0.339 e. The number of hydrogen-bond donors (Lipinski definition) is 1. The number of hydrogen-bond acceptors (Lipinski definition) is 4. The number of carboxylic acids is 1. The van der Waals surface area contributed by atoms with Gasteiger partial charge in [-0.2, -0.15) is 0 Å². The Morgan fingerprint density at radius 3 is 2.42 bits per heavy atom. The fourth-order valence-corrected chi connectivity index (χ4v) is 6.70. The van der Waals surface area contributed by atoms with Gasteiger partial charge in [0.2, 0.25) is 0 Å². The molecule has 0 saturated heterocycles. The topological polar surface area (TPSA) is 49.8 Å². The number of ether oxygens (including phenoxy) is 1. The third-order valence-electron chi connectivity index (χ3n) is 7.26. The molecule has 0 bridgehead atoms. The van der Waals surface area contributed by atoms with Crippen LogP contribution in [0.3, 0.4) is 0 Å². The summed E-state index contributed by atoms with van der Waals surface area (Å²) in [4.78, 5) is 15.7. The van der Waals surface area contributed by atoms with E-state index in [1.54, 1.807) is 6.07 Å². The molecule has 1 aromatic heterocycles. The van der Waals surface area contributed by atoms with Gasteiger partial charge in [-0.15, -0.1) is 11.3 Å². The lowest BCUT2D eigenvalue weighted by atomic mass is 9.66. The Morgan fingerprint density at radius 2 is 1.85 bits per heavy atom. The zero-order valence-electron chi connectivity index (χ0n) is 21.2. The second-order valence-corrected chi connectivity index (χ2v) is 12.7. The van der Waals surface area contributed by atoms with Crippen LogP contribution >= 0.6 is 11.3 Å². The molecule has 2 aromatic rings. The Labute approximate surface area is 203 Å². The summed E-state index contributed by atoms with van der Waals surface area (Å²) in [5.74, 6) is 0.576. The van der Waals surface area contributed by atoms with Crippen LogP contribution in [0.15, 0.2) is 18.2 Å². The van der Waals surface area contributed by atoms with Gasteiger partial charge in [0.25, 0.3) is 0 Å². The molecular formula is C28H39NO3S. The molecule has 2 aliphatic rings. The summed E-state index contributed by atoms with van der Waals surface area (Å²) in [7, 11) is 0. The van der Waals surface area contributed by atoms with Crippen LogP contribution in [-0.2, 0) is 10.8 Å². The standard InChI is InChI=1S/C28H39NO3S/c1-17(2)15-29(20-10-11-21(26(30)31)22(14-20)32-16-19-8-9-19)25-18(3)23-24(33-25)28(6,7)13-12-27(23,4)5/h10-11,14,17,19H,8-9,12-13,15-16H2,1-7H3,(H,30,31). The van der Waals surface area contributed by atoms with Crippen molar-refractivity contribution in [2.45, 2.75) is 85.0 Å². The van der Waals surface area contributed by atoms with Crippen molar-refractivity contribution in [1.29, 1.82) is 0 Å². The average Bonchev–Trinajstić information content (AvgIpc) is 3.48. The van der Waals surface area contributed by atoms with Crippen molar-refractivity contribution in [3.8, 4) is 5.75 Å². The maximum atomic E-state index is 11.8. The van der Waals surface area contributed by atoms with E-state index in [9.17, 15) is 9.90 Å². The lowest BCUT2D eigenvalue weighted by Gasteiger charge is -2.39. The van der Waals surface area contributed by atoms with E-state index in [1.807, 2.05) is 23.5 Å². The van der Waals surface area contributed by atoms with Gasteiger partial charge in [0.1, 0.15) is 11.3 Å². The quantitative estimate of drug-likeness (QED) is 0.430. The first-order valence-corrected chi connectivity index (χ1v) is 13.1. The molecule has 0 aliphatic heterocycles. The molecule has 5 heteroatoms. The van der Waals surface area contributed by atoms with E-state index in [1.165, 1.54) is 46.7 Å². The van der Waals surface area contributed by atoms with Crippen molar-refractivity contribution in [3.05, 3.63) is 39.8 Å². The first-order chi connectivity index (χ1) is 15.4. The van der Waals surface area contributed by atoms with Crippen molar-refractivity contribution < 1.29 is 14.6 Å². The van der Waals surface area contributed by atoms with Gasteiger partial charge in [-0.3, -0.25) is 0 Å². The molecule has 0 atom stereocenters. The average molecular weight is 470 g/mol. The van der Waals surface area contributed by atoms with Crippen molar-refractivity contribution in [1.82, 2.24) is 0 Å². The van der Waals surface area contributed by atoms with E-state index in [-0.39, 0.29) is 16.4 Å². The maximum absolute atomic E-state index is 11.8. The fourth-order valence-electron chi connectivity index (χ4n) is 5.05. The van der Waals surface area contributed by atoms with E-state index in [0.717, 1.165) is 12.2 Å². The Bertz CT molecular complexity index is 1050. The second-order valence-electron chi connectivity index (χ2n) is 11.7. The van der Waals surface area contributed by atoms with Gasteiger partial charge in [0.05, 0.1) is 11.6 Å². The number of aromatic carboxylic acids is 1. The van der Waals surface area contributed by atoms with Gasteiger partial charge in [-0.1, -0.05) is 41.5 Å². The molecule has 1 saturated carbocycles. The molecule has 0 spiro atoms. The van der Waals surface area contributed by atoms with Crippen LogP contribution in [-0.4, -0.2) is 24.2 Å². The van der Waals surface area contributed by atoms with Gasteiger partial charge in [-0.25, -0.2) is 4.79 Å². The Morgan fingerprint density at radius 1 is 1.18 bits per heavy atom. The minimum atomic E-state index is -0.936. The van der Waals surface area contributed by atoms with Crippen molar-refractivity contribution in [2.24, 2.45) is 11.8 Å². The molecule has 2 aliphatic carbocycles. The summed E-state index contributed by atoms with van der Waals surface area (Å²) in [6.07, 6.45) is 4.74. The number of rotatable bonds is 8. The van der Waals surface area contributed by atoms with E-state index in [0.29, 0.717) is 24.2 Å². The van der Waals surface area contributed by atoms with Crippen molar-refractivity contribution in [3.63, 3.8) is 0 Å². The summed E-state index contributed by atoms with van der Waals surface area (Å²) in [6, 6.07) is 5.61. The predicted molar refractivity (Wildman–Crippen MR) is 138 cm³/mol. The Kier molecular flexibility index (Phi) is 6.32. The van der Waals surface area contributed by atoms with Crippen LogP contribution in [0.4, 0.5) is 10.7 Å². The molecule has 4 rings (SSSR count). The Hall–Kier alpha value is -2.01. The largest absolute Gasteiger partial charge is 0.492 e. The second kappa shape index (κ2) is 8.65. The van der Waals surface area contributed by atoms with Gasteiger partial charge < -0.3 is 14.7 Å². The lowest BCUT2D eigenvalue weighted by Crippen LogP contribution is -2.32. The van der Waals surface area contributed by atoms with Crippen LogP contribution in [0.5, 0.6) is 5.75 Å². The summed E-state index contributed by atoms with van der Waals surface area (Å²) < 4.78 is 6.03. The summed E-state index contributed by atoms with van der Waals surface area (Å²) >= 11 is 1.93. The summed E-state index contributed by atoms with van der Waals surface area (Å²) in [5.41, 5.74) is 4.48. The highest BCUT2D eigenvalue weighted by atomic mass is 32.1. The van der Waals surface area contributed by atoms with E-state index >= 15 is 0 Å². The molecule has 4 nitrogen and oxygen atoms in total. The predicted octanol–water partition coefficient (Wildman–Crippen LogP) is 7.69. The first-order valence-electron chi connectivity index (χ1n) is 12.3. The molecule has 180 valence electrons. The molecule has 0 amide bonds. The fraction of sp³-hybridized carbons (Fsp3) is 0.607. The van der Waals surface area contributed by atoms with Crippen LogP contribution in [0.2, 0.25) is 0 Å². The highest BCUT2D eigenvalue weighted by molar-refractivity contribution is 7.16. The molecule has 0 radical (unpaired) electrons. The number of nitrogens with zero attached hydrogens (tertiary/aromatic N) is 1. The highest BCUT2D eigenvalue weighted by Gasteiger charge is 2.41. The number of carboxylic acid groups (broad SMARTS) is 1. The van der Waals surface area contributed by atoms with Crippen molar-refractivity contribution in [2.75, 3.05) is 18.1 Å². The van der Waals surface area contributed by atoms with E-state index < -0.39 is 5.97 Å². The third-order valence-corrected chi connectivity index (χ3v) is 8.94. The zero-order chi connectivity index (χ0) is 24.1. The molecule has 1 heterocycles. The molecule has 1 fully saturated rings.